The quantitative estimate of drug-likeness (QED) is 0.711. The molecule has 4 heterocycles. The third-order valence-electron chi connectivity index (χ3n) is 5.15. The molecule has 3 aromatic heterocycles. The smallest absolute Gasteiger partial charge is 0.259 e. The average molecular weight is 396 g/mol. The van der Waals surface area contributed by atoms with Crippen LogP contribution < -0.4 is 5.32 Å². The first kappa shape index (κ1) is 19.0. The minimum absolute atomic E-state index is 0.0115. The summed E-state index contributed by atoms with van der Waals surface area (Å²) in [6, 6.07) is 3.50. The number of furan rings is 2. The maximum atomic E-state index is 12.9. The molecule has 8 nitrogen and oxygen atoms in total. The topological polar surface area (TPSA) is 93.5 Å². The van der Waals surface area contributed by atoms with Gasteiger partial charge in [-0.25, -0.2) is 0 Å². The zero-order valence-corrected chi connectivity index (χ0v) is 16.6. The Labute approximate surface area is 168 Å². The number of piperidine rings is 1. The van der Waals surface area contributed by atoms with Crippen molar-refractivity contribution in [1.82, 2.24) is 14.7 Å². The highest BCUT2D eigenvalue weighted by atomic mass is 16.3. The second-order valence-corrected chi connectivity index (χ2v) is 7.45. The number of aryl methyl sites for hydroxylation is 2. The van der Waals surface area contributed by atoms with Gasteiger partial charge in [0.2, 0.25) is 0 Å². The van der Waals surface area contributed by atoms with Crippen LogP contribution >= 0.6 is 0 Å². The van der Waals surface area contributed by atoms with E-state index in [1.165, 1.54) is 12.5 Å². The molecule has 1 fully saturated rings. The van der Waals surface area contributed by atoms with Gasteiger partial charge >= 0.3 is 0 Å². The number of likely N-dealkylation sites (tertiary alicyclic amines) is 1. The van der Waals surface area contributed by atoms with Gasteiger partial charge in [-0.15, -0.1) is 0 Å². The van der Waals surface area contributed by atoms with Crippen molar-refractivity contribution in [2.24, 2.45) is 0 Å². The van der Waals surface area contributed by atoms with E-state index in [0.29, 0.717) is 29.1 Å². The molecule has 1 atom stereocenters. The van der Waals surface area contributed by atoms with Gasteiger partial charge in [-0.05, 0) is 45.2 Å². The Kier molecular flexibility index (Phi) is 5.24. The van der Waals surface area contributed by atoms with Crippen LogP contribution in [0.3, 0.4) is 0 Å². The van der Waals surface area contributed by atoms with Gasteiger partial charge in [0.1, 0.15) is 24.0 Å². The molecule has 8 heteroatoms. The third kappa shape index (κ3) is 4.26. The maximum Gasteiger partial charge on any atom is 0.259 e. The minimum Gasteiger partial charge on any atom is -0.469 e. The highest BCUT2D eigenvalue weighted by Crippen LogP contribution is 2.22. The SMILES string of the molecule is Cc1cc(C(=O)Nc2cnn(CC3CCCCN3C(=O)c3coc(C)c3)c2)co1. The fraction of sp³-hybridized carbons (Fsp3) is 0.381. The average Bonchev–Trinajstić information content (AvgIpc) is 3.44. The molecule has 1 saturated heterocycles. The molecule has 3 aromatic rings. The highest BCUT2D eigenvalue weighted by Gasteiger charge is 2.28. The normalized spacial score (nSPS) is 16.8. The Hall–Kier alpha value is -3.29. The summed E-state index contributed by atoms with van der Waals surface area (Å²) < 4.78 is 12.2. The molecular weight excluding hydrogens is 372 g/mol. The van der Waals surface area contributed by atoms with Crippen molar-refractivity contribution in [2.45, 2.75) is 45.7 Å². The molecule has 1 aliphatic heterocycles. The molecule has 1 N–H and O–H groups in total. The Morgan fingerprint density at radius 3 is 2.55 bits per heavy atom. The van der Waals surface area contributed by atoms with Crippen molar-refractivity contribution >= 4 is 17.5 Å². The van der Waals surface area contributed by atoms with E-state index in [-0.39, 0.29) is 17.9 Å². The van der Waals surface area contributed by atoms with Crippen molar-refractivity contribution in [3.8, 4) is 0 Å². The van der Waals surface area contributed by atoms with Crippen molar-refractivity contribution in [1.29, 1.82) is 0 Å². The molecule has 0 aliphatic carbocycles. The predicted molar refractivity (Wildman–Crippen MR) is 106 cm³/mol. The van der Waals surface area contributed by atoms with E-state index >= 15 is 0 Å². The molecule has 0 radical (unpaired) electrons. The number of nitrogens with one attached hydrogen (secondary N) is 1. The van der Waals surface area contributed by atoms with Crippen LogP contribution in [-0.4, -0.2) is 39.1 Å². The van der Waals surface area contributed by atoms with Gasteiger partial charge in [0.25, 0.3) is 11.8 Å². The molecular formula is C21H24N4O4. The van der Waals surface area contributed by atoms with Crippen LogP contribution in [-0.2, 0) is 6.54 Å². The second-order valence-electron chi connectivity index (χ2n) is 7.45. The van der Waals surface area contributed by atoms with Crippen LogP contribution in [0.15, 0.2) is 45.9 Å². The summed E-state index contributed by atoms with van der Waals surface area (Å²) in [5.74, 6) is 1.15. The van der Waals surface area contributed by atoms with Crippen LogP contribution in [0.4, 0.5) is 5.69 Å². The molecule has 2 amide bonds. The Balaban J connectivity index is 1.42. The third-order valence-corrected chi connectivity index (χ3v) is 5.15. The van der Waals surface area contributed by atoms with Crippen molar-refractivity contribution in [3.63, 3.8) is 0 Å². The van der Waals surface area contributed by atoms with Crippen LogP contribution in [0, 0.1) is 13.8 Å². The lowest BCUT2D eigenvalue weighted by Gasteiger charge is -2.35. The van der Waals surface area contributed by atoms with Gasteiger partial charge in [-0.1, -0.05) is 0 Å². The molecule has 0 aromatic carbocycles. The molecule has 1 aliphatic rings. The standard InChI is InChI=1S/C21H24N4O4/c1-14-7-16(12-28-14)20(26)23-18-9-22-24(10-18)11-19-5-3-4-6-25(19)21(27)17-8-15(2)29-13-17/h7-10,12-13,19H,3-6,11H2,1-2H3,(H,23,26). The van der Waals surface area contributed by atoms with E-state index < -0.39 is 0 Å². The lowest BCUT2D eigenvalue weighted by atomic mass is 10.0. The largest absolute Gasteiger partial charge is 0.469 e. The number of rotatable bonds is 5. The molecule has 0 bridgehead atoms. The number of nitrogens with zero attached hydrogens (tertiary/aromatic N) is 3. The van der Waals surface area contributed by atoms with E-state index in [4.69, 9.17) is 8.83 Å². The number of carbonyl (C=O) groups is 2. The minimum atomic E-state index is -0.244. The summed E-state index contributed by atoms with van der Waals surface area (Å²) in [6.45, 7) is 4.91. The van der Waals surface area contributed by atoms with Crippen LogP contribution in [0.2, 0.25) is 0 Å². The van der Waals surface area contributed by atoms with Crippen LogP contribution in [0.5, 0.6) is 0 Å². The number of anilines is 1. The lowest BCUT2D eigenvalue weighted by molar-refractivity contribution is 0.0583. The van der Waals surface area contributed by atoms with E-state index in [2.05, 4.69) is 10.4 Å². The summed E-state index contributed by atoms with van der Waals surface area (Å²) in [5, 5.41) is 7.17. The summed E-state index contributed by atoms with van der Waals surface area (Å²) in [7, 11) is 0. The number of hydrogen-bond donors (Lipinski definition) is 1. The highest BCUT2D eigenvalue weighted by molar-refractivity contribution is 6.04. The van der Waals surface area contributed by atoms with Gasteiger partial charge in [0.15, 0.2) is 0 Å². The maximum absolute atomic E-state index is 12.9. The fourth-order valence-electron chi connectivity index (χ4n) is 3.69. The zero-order chi connectivity index (χ0) is 20.4. The van der Waals surface area contributed by atoms with Crippen molar-refractivity contribution < 1.29 is 18.4 Å². The van der Waals surface area contributed by atoms with E-state index in [1.807, 2.05) is 11.8 Å². The summed E-state index contributed by atoms with van der Waals surface area (Å²) >= 11 is 0. The number of aromatic nitrogens is 2. The number of amides is 2. The lowest BCUT2D eigenvalue weighted by Crippen LogP contribution is -2.45. The van der Waals surface area contributed by atoms with E-state index in [9.17, 15) is 9.59 Å². The first-order valence-electron chi connectivity index (χ1n) is 9.74. The molecule has 152 valence electrons. The summed E-state index contributed by atoms with van der Waals surface area (Å²) in [6.07, 6.45) is 9.32. The van der Waals surface area contributed by atoms with Gasteiger partial charge < -0.3 is 19.1 Å². The second kappa shape index (κ2) is 7.98. The molecule has 4 rings (SSSR count). The van der Waals surface area contributed by atoms with E-state index in [1.54, 1.807) is 36.1 Å². The summed E-state index contributed by atoms with van der Waals surface area (Å²) in [5.41, 5.74) is 1.65. The van der Waals surface area contributed by atoms with Crippen molar-refractivity contribution in [2.75, 3.05) is 11.9 Å². The van der Waals surface area contributed by atoms with Gasteiger partial charge in [-0.2, -0.15) is 5.10 Å². The van der Waals surface area contributed by atoms with E-state index in [0.717, 1.165) is 31.6 Å². The first-order chi connectivity index (χ1) is 14.0. The van der Waals surface area contributed by atoms with Gasteiger partial charge in [0.05, 0.1) is 35.6 Å². The monoisotopic (exact) mass is 396 g/mol. The van der Waals surface area contributed by atoms with Gasteiger partial charge in [0, 0.05) is 12.7 Å². The first-order valence-corrected chi connectivity index (χ1v) is 9.74. The Morgan fingerprint density at radius 1 is 1.14 bits per heavy atom. The summed E-state index contributed by atoms with van der Waals surface area (Å²) in [4.78, 5) is 27.1. The molecule has 0 spiro atoms. The Bertz CT molecular complexity index is 1020. The molecule has 29 heavy (non-hydrogen) atoms. The van der Waals surface area contributed by atoms with Crippen molar-refractivity contribution in [3.05, 3.63) is 59.7 Å². The number of carbonyl (C=O) groups excluding carboxylic acids is 2. The predicted octanol–water partition coefficient (Wildman–Crippen LogP) is 3.63. The molecule has 0 saturated carbocycles. The molecule has 1 unspecified atom stereocenters. The van der Waals surface area contributed by atoms with Crippen LogP contribution in [0.1, 0.15) is 51.5 Å². The Morgan fingerprint density at radius 2 is 1.86 bits per heavy atom. The zero-order valence-electron chi connectivity index (χ0n) is 16.6. The van der Waals surface area contributed by atoms with Gasteiger partial charge in [-0.3, -0.25) is 14.3 Å². The number of hydrogen-bond acceptors (Lipinski definition) is 5. The van der Waals surface area contributed by atoms with Crippen LogP contribution in [0.25, 0.3) is 0 Å². The fourth-order valence-corrected chi connectivity index (χ4v) is 3.69.